The van der Waals surface area contributed by atoms with Crippen LogP contribution in [0.15, 0.2) is 4.99 Å². The third-order valence-electron chi connectivity index (χ3n) is 2.32. The molecule has 1 aliphatic carbocycles. The van der Waals surface area contributed by atoms with Crippen molar-refractivity contribution < 1.29 is 4.79 Å². The maximum absolute atomic E-state index is 10.0. The largest absolute Gasteiger partial charge is 0.234 e. The van der Waals surface area contributed by atoms with E-state index < -0.39 is 0 Å². The lowest BCUT2D eigenvalue weighted by molar-refractivity contribution is 0.230. The highest BCUT2D eigenvalue weighted by Gasteiger charge is 2.33. The van der Waals surface area contributed by atoms with E-state index in [1.165, 1.54) is 0 Å². The molecule has 1 rings (SSSR count). The van der Waals surface area contributed by atoms with Crippen molar-refractivity contribution >= 4 is 6.08 Å². The van der Waals surface area contributed by atoms with E-state index in [-0.39, 0.29) is 10.8 Å². The number of isocyanates is 1. The van der Waals surface area contributed by atoms with Crippen LogP contribution < -0.4 is 0 Å². The molecule has 1 aliphatic rings. The topological polar surface area (TPSA) is 29.4 Å². The third kappa shape index (κ3) is 2.72. The van der Waals surface area contributed by atoms with Crippen molar-refractivity contribution in [1.82, 2.24) is 0 Å². The summed E-state index contributed by atoms with van der Waals surface area (Å²) >= 11 is 0. The maximum Gasteiger partial charge on any atom is 0.234 e. The molecule has 0 amide bonds. The molecule has 70 valence electrons. The first-order valence-electron chi connectivity index (χ1n) is 4.51. The molecule has 0 aromatic carbocycles. The Morgan fingerprint density at radius 3 is 2.69 bits per heavy atom. The SMILES string of the molecule is CC1(C)CC#CC(C)(CN=C=O)C1. The summed E-state index contributed by atoms with van der Waals surface area (Å²) in [5, 5.41) is 0. The summed E-state index contributed by atoms with van der Waals surface area (Å²) in [5.74, 6) is 6.30. The minimum Gasteiger partial charge on any atom is -0.211 e. The number of hydrogen-bond acceptors (Lipinski definition) is 2. The molecule has 1 unspecified atom stereocenters. The molecule has 2 nitrogen and oxygen atoms in total. The van der Waals surface area contributed by atoms with E-state index >= 15 is 0 Å². The molecule has 0 radical (unpaired) electrons. The Balaban J connectivity index is 2.78. The van der Waals surface area contributed by atoms with Crippen LogP contribution in [0.2, 0.25) is 0 Å². The lowest BCUT2D eigenvalue weighted by Crippen LogP contribution is -2.29. The first kappa shape index (κ1) is 10.0. The van der Waals surface area contributed by atoms with Gasteiger partial charge in [-0.15, -0.1) is 5.92 Å². The van der Waals surface area contributed by atoms with Crippen molar-refractivity contribution in [3.8, 4) is 11.8 Å². The molecule has 0 aromatic heterocycles. The lowest BCUT2D eigenvalue weighted by atomic mass is 9.70. The van der Waals surface area contributed by atoms with Gasteiger partial charge in [-0.05, 0) is 18.8 Å². The van der Waals surface area contributed by atoms with E-state index in [0.29, 0.717) is 6.54 Å². The van der Waals surface area contributed by atoms with Gasteiger partial charge in [-0.25, -0.2) is 9.79 Å². The summed E-state index contributed by atoms with van der Waals surface area (Å²) in [7, 11) is 0. The molecule has 2 heteroatoms. The van der Waals surface area contributed by atoms with Gasteiger partial charge in [0, 0.05) is 11.8 Å². The number of aliphatic imine (C=N–C) groups is 1. The lowest BCUT2D eigenvalue weighted by Gasteiger charge is -2.34. The Kier molecular flexibility index (Phi) is 2.59. The van der Waals surface area contributed by atoms with Crippen LogP contribution in [-0.4, -0.2) is 12.6 Å². The van der Waals surface area contributed by atoms with E-state index in [0.717, 1.165) is 12.8 Å². The molecule has 0 spiro atoms. The smallest absolute Gasteiger partial charge is 0.211 e. The second kappa shape index (κ2) is 3.36. The highest BCUT2D eigenvalue weighted by molar-refractivity contribution is 5.33. The van der Waals surface area contributed by atoms with E-state index in [2.05, 4.69) is 37.6 Å². The van der Waals surface area contributed by atoms with Crippen molar-refractivity contribution in [3.05, 3.63) is 0 Å². The first-order chi connectivity index (χ1) is 5.97. The predicted octanol–water partition coefficient (Wildman–Crippen LogP) is 2.15. The van der Waals surface area contributed by atoms with Crippen LogP contribution in [0.1, 0.15) is 33.6 Å². The monoisotopic (exact) mass is 177 g/mol. The molecule has 13 heavy (non-hydrogen) atoms. The average molecular weight is 177 g/mol. The molecule has 0 fully saturated rings. The summed E-state index contributed by atoms with van der Waals surface area (Å²) in [5.41, 5.74) is 0.123. The normalized spacial score (nSPS) is 29.8. The van der Waals surface area contributed by atoms with Crippen LogP contribution >= 0.6 is 0 Å². The fourth-order valence-corrected chi connectivity index (χ4v) is 1.96. The molecule has 1 atom stereocenters. The van der Waals surface area contributed by atoms with Crippen molar-refractivity contribution in [1.29, 1.82) is 0 Å². The second-order valence-corrected chi connectivity index (χ2v) is 4.79. The molecule has 0 heterocycles. The highest BCUT2D eigenvalue weighted by atomic mass is 16.1. The number of hydrogen-bond donors (Lipinski definition) is 0. The van der Waals surface area contributed by atoms with E-state index in [1.54, 1.807) is 6.08 Å². The number of rotatable bonds is 2. The minimum atomic E-state index is -0.126. The van der Waals surface area contributed by atoms with Gasteiger partial charge in [-0.2, -0.15) is 0 Å². The summed E-state index contributed by atoms with van der Waals surface area (Å²) in [4.78, 5) is 13.6. The Morgan fingerprint density at radius 2 is 2.15 bits per heavy atom. The molecule has 0 saturated heterocycles. The Bertz CT molecular complexity index is 302. The molecular weight excluding hydrogens is 162 g/mol. The van der Waals surface area contributed by atoms with Crippen molar-refractivity contribution in [3.63, 3.8) is 0 Å². The fourth-order valence-electron chi connectivity index (χ4n) is 1.96. The maximum atomic E-state index is 10.0. The third-order valence-corrected chi connectivity index (χ3v) is 2.32. The van der Waals surface area contributed by atoms with Crippen LogP contribution in [0.3, 0.4) is 0 Å². The van der Waals surface area contributed by atoms with E-state index in [4.69, 9.17) is 0 Å². The molecule has 0 N–H and O–H groups in total. The zero-order valence-corrected chi connectivity index (χ0v) is 8.48. The fraction of sp³-hybridized carbons (Fsp3) is 0.727. The molecule has 0 saturated carbocycles. The van der Waals surface area contributed by atoms with Gasteiger partial charge >= 0.3 is 0 Å². The van der Waals surface area contributed by atoms with Crippen LogP contribution in [0.25, 0.3) is 0 Å². The van der Waals surface area contributed by atoms with Crippen molar-refractivity contribution in [2.75, 3.05) is 6.54 Å². The molecule has 0 aromatic rings. The summed E-state index contributed by atoms with van der Waals surface area (Å²) in [6.45, 7) is 6.93. The van der Waals surface area contributed by atoms with Crippen molar-refractivity contribution in [2.24, 2.45) is 15.8 Å². The number of nitrogens with zero attached hydrogens (tertiary/aromatic N) is 1. The standard InChI is InChI=1S/C11H15NO/c1-10(2)5-4-6-11(3,7-10)8-12-9-13/h5,7-8H2,1-3H3. The Morgan fingerprint density at radius 1 is 1.46 bits per heavy atom. The first-order valence-corrected chi connectivity index (χ1v) is 4.51. The van der Waals surface area contributed by atoms with Crippen LogP contribution in [0.5, 0.6) is 0 Å². The van der Waals surface area contributed by atoms with Gasteiger partial charge in [0.2, 0.25) is 6.08 Å². The summed E-state index contributed by atoms with van der Waals surface area (Å²) in [6.07, 6.45) is 3.51. The van der Waals surface area contributed by atoms with Crippen LogP contribution in [0.4, 0.5) is 0 Å². The van der Waals surface area contributed by atoms with Crippen LogP contribution in [0, 0.1) is 22.7 Å². The molecular formula is C11H15NO. The van der Waals surface area contributed by atoms with E-state index in [9.17, 15) is 4.79 Å². The summed E-state index contributed by atoms with van der Waals surface area (Å²) < 4.78 is 0. The van der Waals surface area contributed by atoms with Gasteiger partial charge < -0.3 is 0 Å². The molecule has 0 bridgehead atoms. The van der Waals surface area contributed by atoms with Gasteiger partial charge in [-0.3, -0.25) is 0 Å². The zero-order valence-electron chi connectivity index (χ0n) is 8.48. The van der Waals surface area contributed by atoms with Gasteiger partial charge in [0.05, 0.1) is 6.54 Å². The molecule has 0 aliphatic heterocycles. The Hall–Kier alpha value is -1.06. The predicted molar refractivity (Wildman–Crippen MR) is 51.9 cm³/mol. The average Bonchev–Trinajstić information content (AvgIpc) is 1.98. The minimum absolute atomic E-state index is 0.126. The van der Waals surface area contributed by atoms with Gasteiger partial charge in [-0.1, -0.05) is 19.8 Å². The van der Waals surface area contributed by atoms with Gasteiger partial charge in [0.1, 0.15) is 0 Å². The van der Waals surface area contributed by atoms with Crippen LogP contribution in [-0.2, 0) is 4.79 Å². The number of carbonyl (C=O) groups excluding carboxylic acids is 1. The highest BCUT2D eigenvalue weighted by Crippen LogP contribution is 2.38. The van der Waals surface area contributed by atoms with Gasteiger partial charge in [0.15, 0.2) is 0 Å². The summed E-state index contributed by atoms with van der Waals surface area (Å²) in [6, 6.07) is 0. The van der Waals surface area contributed by atoms with Crippen molar-refractivity contribution in [2.45, 2.75) is 33.6 Å². The quantitative estimate of drug-likeness (QED) is 0.361. The zero-order chi connectivity index (χ0) is 9.95. The van der Waals surface area contributed by atoms with E-state index in [1.807, 2.05) is 0 Å². The Labute approximate surface area is 79.4 Å². The van der Waals surface area contributed by atoms with Gasteiger partial charge in [0.25, 0.3) is 0 Å². The second-order valence-electron chi connectivity index (χ2n) is 4.79.